The van der Waals surface area contributed by atoms with Gasteiger partial charge in [-0.25, -0.2) is 13.1 Å². The SMILES string of the molecule is CCc1nn(C[N+]2(C)CCCC2)c(C(N)=O)c1NC(=O)c1cc(S(C)(=O)=O)ccc1OCC(C)C. The van der Waals surface area contributed by atoms with E-state index in [1.54, 1.807) is 4.68 Å². The van der Waals surface area contributed by atoms with Gasteiger partial charge in [0.1, 0.15) is 5.75 Å². The van der Waals surface area contributed by atoms with Gasteiger partial charge in [0.25, 0.3) is 11.8 Å². The second kappa shape index (κ2) is 10.4. The zero-order valence-electron chi connectivity index (χ0n) is 21.1. The quantitative estimate of drug-likeness (QED) is 0.476. The third kappa shape index (κ3) is 6.21. The van der Waals surface area contributed by atoms with Crippen LogP contribution in [0.1, 0.15) is 60.2 Å². The molecular weight excluding hydrogens is 470 g/mol. The number of sulfone groups is 1. The molecule has 2 heterocycles. The summed E-state index contributed by atoms with van der Waals surface area (Å²) in [5.41, 5.74) is 6.70. The van der Waals surface area contributed by atoms with E-state index in [0.717, 1.165) is 36.7 Å². The van der Waals surface area contributed by atoms with Crippen LogP contribution in [0.2, 0.25) is 0 Å². The van der Waals surface area contributed by atoms with E-state index in [1.165, 1.54) is 18.2 Å². The lowest BCUT2D eigenvalue weighted by Gasteiger charge is -2.29. The van der Waals surface area contributed by atoms with Gasteiger partial charge in [0, 0.05) is 19.1 Å². The van der Waals surface area contributed by atoms with E-state index < -0.39 is 21.7 Å². The van der Waals surface area contributed by atoms with Crippen molar-refractivity contribution >= 4 is 27.3 Å². The Balaban J connectivity index is 2.03. The van der Waals surface area contributed by atoms with E-state index in [9.17, 15) is 18.0 Å². The summed E-state index contributed by atoms with van der Waals surface area (Å²) in [5.74, 6) is -0.848. The summed E-state index contributed by atoms with van der Waals surface area (Å²) in [6.07, 6.45) is 3.74. The Kier molecular flexibility index (Phi) is 7.90. The summed E-state index contributed by atoms with van der Waals surface area (Å²) in [4.78, 5) is 25.9. The van der Waals surface area contributed by atoms with E-state index in [2.05, 4.69) is 17.5 Å². The predicted octanol–water partition coefficient (Wildman–Crippen LogP) is 2.43. The van der Waals surface area contributed by atoms with Crippen molar-refractivity contribution in [2.45, 2.75) is 51.6 Å². The number of rotatable bonds is 10. The van der Waals surface area contributed by atoms with E-state index in [0.29, 0.717) is 25.4 Å². The summed E-state index contributed by atoms with van der Waals surface area (Å²) >= 11 is 0. The summed E-state index contributed by atoms with van der Waals surface area (Å²) < 4.78 is 32.4. The number of aromatic nitrogens is 2. The number of primary amides is 1. The molecule has 0 spiro atoms. The van der Waals surface area contributed by atoms with Gasteiger partial charge in [0.05, 0.1) is 48.6 Å². The molecule has 0 saturated carbocycles. The lowest BCUT2D eigenvalue weighted by Crippen LogP contribution is -2.43. The number of quaternary nitrogens is 1. The fraction of sp³-hybridized carbons (Fsp3) is 0.542. The summed E-state index contributed by atoms with van der Waals surface area (Å²) in [6, 6.07) is 4.17. The third-order valence-electron chi connectivity index (χ3n) is 6.15. The molecule has 0 radical (unpaired) electrons. The van der Waals surface area contributed by atoms with Gasteiger partial charge >= 0.3 is 0 Å². The largest absolute Gasteiger partial charge is 0.492 e. The molecule has 3 N–H and O–H groups in total. The Labute approximate surface area is 206 Å². The molecule has 2 amide bonds. The average molecular weight is 507 g/mol. The van der Waals surface area contributed by atoms with Gasteiger partial charge < -0.3 is 20.3 Å². The third-order valence-corrected chi connectivity index (χ3v) is 7.26. The monoisotopic (exact) mass is 506 g/mol. The van der Waals surface area contributed by atoms with Crippen LogP contribution in [0, 0.1) is 5.92 Å². The molecule has 2 aromatic rings. The first-order valence-electron chi connectivity index (χ1n) is 11.9. The van der Waals surface area contributed by atoms with Crippen LogP contribution < -0.4 is 15.8 Å². The topological polar surface area (TPSA) is 133 Å². The minimum absolute atomic E-state index is 0.00691. The van der Waals surface area contributed by atoms with Gasteiger partial charge in [-0.2, -0.15) is 5.10 Å². The zero-order valence-corrected chi connectivity index (χ0v) is 21.9. The molecule has 3 rings (SSSR count). The van der Waals surface area contributed by atoms with Crippen molar-refractivity contribution in [3.8, 4) is 5.75 Å². The summed E-state index contributed by atoms with van der Waals surface area (Å²) in [7, 11) is -1.45. The number of likely N-dealkylation sites (tertiary alicyclic amines) is 1. The number of aryl methyl sites for hydroxylation is 1. The first-order chi connectivity index (χ1) is 16.3. The highest BCUT2D eigenvalue weighted by Crippen LogP contribution is 2.28. The van der Waals surface area contributed by atoms with Crippen LogP contribution in [-0.2, 0) is 22.9 Å². The van der Waals surface area contributed by atoms with Crippen LogP contribution in [0.4, 0.5) is 5.69 Å². The van der Waals surface area contributed by atoms with Gasteiger partial charge in [-0.1, -0.05) is 20.8 Å². The van der Waals surface area contributed by atoms with Gasteiger partial charge in [-0.15, -0.1) is 0 Å². The standard InChI is InChI=1S/C24H35N5O5S/c1-6-19-21(22(23(25)30)28(27-19)15-29(4)11-7-8-12-29)26-24(31)18-13-17(35(5,32)33)9-10-20(18)34-14-16(2)3/h9-10,13,16H,6-8,11-12,14-15H2,1-5H3,(H2-,25,26,30,31)/p+1. The fourth-order valence-corrected chi connectivity index (χ4v) is 4.93. The number of carbonyl (C=O) groups is 2. The highest BCUT2D eigenvalue weighted by Gasteiger charge is 2.32. The second-order valence-electron chi connectivity index (χ2n) is 9.89. The first-order valence-corrected chi connectivity index (χ1v) is 13.7. The molecule has 1 aliphatic heterocycles. The second-order valence-corrected chi connectivity index (χ2v) is 11.9. The number of nitrogens with one attached hydrogen (secondary N) is 1. The molecule has 192 valence electrons. The highest BCUT2D eigenvalue weighted by molar-refractivity contribution is 7.90. The Morgan fingerprint density at radius 2 is 1.91 bits per heavy atom. The lowest BCUT2D eigenvalue weighted by atomic mass is 10.1. The van der Waals surface area contributed by atoms with Gasteiger partial charge in [0.2, 0.25) is 0 Å². The molecule has 0 unspecified atom stereocenters. The number of amides is 2. The molecule has 1 saturated heterocycles. The molecule has 0 aliphatic carbocycles. The average Bonchev–Trinajstić information content (AvgIpc) is 3.34. The molecule has 0 bridgehead atoms. The highest BCUT2D eigenvalue weighted by atomic mass is 32.2. The van der Waals surface area contributed by atoms with E-state index in [-0.39, 0.29) is 33.5 Å². The molecule has 10 nitrogen and oxygen atoms in total. The molecule has 1 fully saturated rings. The number of ether oxygens (including phenoxy) is 1. The number of nitrogens with two attached hydrogens (primary N) is 1. The smallest absolute Gasteiger partial charge is 0.269 e. The van der Waals surface area contributed by atoms with Crippen molar-refractivity contribution in [2.24, 2.45) is 11.7 Å². The van der Waals surface area contributed by atoms with Crippen LogP contribution in [0.25, 0.3) is 0 Å². The van der Waals surface area contributed by atoms with Crippen molar-refractivity contribution in [3.63, 3.8) is 0 Å². The molecule has 1 aliphatic rings. The van der Waals surface area contributed by atoms with Gasteiger partial charge in [-0.05, 0) is 30.5 Å². The minimum atomic E-state index is -3.56. The van der Waals surface area contributed by atoms with Crippen molar-refractivity contribution in [1.29, 1.82) is 0 Å². The normalized spacial score (nSPS) is 15.4. The number of hydrogen-bond donors (Lipinski definition) is 2. The summed E-state index contributed by atoms with van der Waals surface area (Å²) in [5, 5.41) is 7.39. The van der Waals surface area contributed by atoms with Crippen LogP contribution >= 0.6 is 0 Å². The molecule has 11 heteroatoms. The number of benzene rings is 1. The van der Waals surface area contributed by atoms with Crippen LogP contribution in [-0.4, -0.2) is 67.5 Å². The zero-order chi connectivity index (χ0) is 26.0. The number of hydrogen-bond acceptors (Lipinski definition) is 6. The van der Waals surface area contributed by atoms with Crippen LogP contribution in [0.15, 0.2) is 23.1 Å². The van der Waals surface area contributed by atoms with Crippen molar-refractivity contribution < 1.29 is 27.2 Å². The van der Waals surface area contributed by atoms with Crippen LogP contribution in [0.5, 0.6) is 5.75 Å². The van der Waals surface area contributed by atoms with E-state index in [1.807, 2.05) is 20.8 Å². The Hall–Kier alpha value is -2.92. The maximum atomic E-state index is 13.4. The molecule has 35 heavy (non-hydrogen) atoms. The van der Waals surface area contributed by atoms with Crippen molar-refractivity contribution in [3.05, 3.63) is 35.2 Å². The van der Waals surface area contributed by atoms with E-state index in [4.69, 9.17) is 10.5 Å². The lowest BCUT2D eigenvalue weighted by molar-refractivity contribution is -0.920. The number of anilines is 1. The molecule has 1 aromatic carbocycles. The van der Waals surface area contributed by atoms with E-state index >= 15 is 0 Å². The minimum Gasteiger partial charge on any atom is -0.492 e. The maximum absolute atomic E-state index is 13.4. The predicted molar refractivity (Wildman–Crippen MR) is 133 cm³/mol. The Morgan fingerprint density at radius 3 is 2.46 bits per heavy atom. The van der Waals surface area contributed by atoms with Gasteiger partial charge in [-0.3, -0.25) is 9.59 Å². The number of carbonyl (C=O) groups excluding carboxylic acids is 2. The summed E-state index contributed by atoms with van der Waals surface area (Å²) in [6.45, 7) is 8.56. The van der Waals surface area contributed by atoms with Crippen molar-refractivity contribution in [1.82, 2.24) is 9.78 Å². The first kappa shape index (κ1) is 26.7. The molecular formula is C24H36N5O5S+. The Morgan fingerprint density at radius 1 is 1.26 bits per heavy atom. The molecule has 1 aromatic heterocycles. The molecule has 0 atom stereocenters. The Bertz CT molecular complexity index is 1210. The van der Waals surface area contributed by atoms with Crippen LogP contribution in [0.3, 0.4) is 0 Å². The number of nitrogens with zero attached hydrogens (tertiary/aromatic N) is 3. The van der Waals surface area contributed by atoms with Gasteiger partial charge in [0.15, 0.2) is 22.2 Å². The fourth-order valence-electron chi connectivity index (χ4n) is 4.29. The maximum Gasteiger partial charge on any atom is 0.269 e. The van der Waals surface area contributed by atoms with Crippen molar-refractivity contribution in [2.75, 3.05) is 38.3 Å².